The van der Waals surface area contributed by atoms with Crippen molar-refractivity contribution in [1.82, 2.24) is 4.90 Å². The summed E-state index contributed by atoms with van der Waals surface area (Å²) in [6, 6.07) is 5.80. The number of carboxylic acid groups (broad SMARTS) is 1. The maximum atomic E-state index is 12.4. The first kappa shape index (κ1) is 14.6. The Bertz CT molecular complexity index is 510. The van der Waals surface area contributed by atoms with E-state index in [1.807, 2.05) is 25.1 Å². The van der Waals surface area contributed by atoms with Crippen molar-refractivity contribution in [3.8, 4) is 0 Å². The molecule has 1 aliphatic rings. The molecule has 108 valence electrons. The molecule has 2 rings (SSSR count). The van der Waals surface area contributed by atoms with Crippen LogP contribution in [-0.2, 0) is 17.6 Å². The van der Waals surface area contributed by atoms with Crippen LogP contribution in [0.4, 0.5) is 0 Å². The third-order valence-electron chi connectivity index (χ3n) is 3.70. The molecular formula is C16H21NO3. The van der Waals surface area contributed by atoms with E-state index < -0.39 is 5.97 Å². The predicted octanol–water partition coefficient (Wildman–Crippen LogP) is 2.50. The molecule has 0 bridgehead atoms. The highest BCUT2D eigenvalue weighted by Crippen LogP contribution is 2.22. The lowest BCUT2D eigenvalue weighted by atomic mass is 9.90. The standard InChI is InChI=1S/C16H21NO3/c1-2-9-17(11-15(18)19)16(20)14-8-7-12-5-3-4-6-13(12)10-14/h7-8,10H,2-6,9,11H2,1H3,(H,18,19). The number of fused-ring (bicyclic) bond motifs is 1. The van der Waals surface area contributed by atoms with E-state index in [2.05, 4.69) is 0 Å². The van der Waals surface area contributed by atoms with Crippen molar-refractivity contribution in [3.05, 3.63) is 34.9 Å². The Morgan fingerprint density at radius 3 is 2.55 bits per heavy atom. The molecule has 0 radical (unpaired) electrons. The number of aliphatic carboxylic acids is 1. The third kappa shape index (κ3) is 3.38. The molecule has 4 heteroatoms. The minimum Gasteiger partial charge on any atom is -0.480 e. The van der Waals surface area contributed by atoms with E-state index >= 15 is 0 Å². The molecule has 4 nitrogen and oxygen atoms in total. The summed E-state index contributed by atoms with van der Waals surface area (Å²) in [6.45, 7) is 2.18. The second kappa shape index (κ2) is 6.55. The molecule has 1 aromatic carbocycles. The van der Waals surface area contributed by atoms with E-state index in [-0.39, 0.29) is 12.5 Å². The highest BCUT2D eigenvalue weighted by Gasteiger charge is 2.19. The number of amides is 1. The number of carboxylic acids is 1. The smallest absolute Gasteiger partial charge is 0.323 e. The number of carbonyl (C=O) groups excluding carboxylic acids is 1. The van der Waals surface area contributed by atoms with Crippen LogP contribution in [0, 0.1) is 0 Å². The zero-order valence-corrected chi connectivity index (χ0v) is 11.9. The molecule has 1 aliphatic carbocycles. The molecule has 1 aromatic rings. The quantitative estimate of drug-likeness (QED) is 0.898. The largest absolute Gasteiger partial charge is 0.480 e. The Labute approximate surface area is 119 Å². The van der Waals surface area contributed by atoms with E-state index in [9.17, 15) is 9.59 Å². The Kier molecular flexibility index (Phi) is 4.77. The Morgan fingerprint density at radius 1 is 1.20 bits per heavy atom. The van der Waals surface area contributed by atoms with E-state index in [0.29, 0.717) is 12.1 Å². The molecule has 20 heavy (non-hydrogen) atoms. The van der Waals surface area contributed by atoms with Crippen LogP contribution in [0.5, 0.6) is 0 Å². The Balaban J connectivity index is 2.20. The van der Waals surface area contributed by atoms with Gasteiger partial charge in [0.15, 0.2) is 0 Å². The predicted molar refractivity (Wildman–Crippen MR) is 76.9 cm³/mol. The fourth-order valence-corrected chi connectivity index (χ4v) is 2.73. The number of nitrogens with zero attached hydrogens (tertiary/aromatic N) is 1. The zero-order valence-electron chi connectivity index (χ0n) is 11.9. The van der Waals surface area contributed by atoms with Gasteiger partial charge in [0.2, 0.25) is 0 Å². The maximum absolute atomic E-state index is 12.4. The van der Waals surface area contributed by atoms with Gasteiger partial charge in [-0.25, -0.2) is 0 Å². The van der Waals surface area contributed by atoms with Gasteiger partial charge in [-0.1, -0.05) is 13.0 Å². The molecule has 0 unspecified atom stereocenters. The Morgan fingerprint density at radius 2 is 1.90 bits per heavy atom. The molecule has 0 aliphatic heterocycles. The minimum absolute atomic E-state index is 0.178. The number of carbonyl (C=O) groups is 2. The van der Waals surface area contributed by atoms with Crippen LogP contribution < -0.4 is 0 Å². The van der Waals surface area contributed by atoms with Crippen molar-refractivity contribution >= 4 is 11.9 Å². The van der Waals surface area contributed by atoms with Crippen molar-refractivity contribution in [1.29, 1.82) is 0 Å². The highest BCUT2D eigenvalue weighted by molar-refractivity contribution is 5.96. The second-order valence-electron chi connectivity index (χ2n) is 5.31. The lowest BCUT2D eigenvalue weighted by Crippen LogP contribution is -2.36. The monoisotopic (exact) mass is 275 g/mol. The average Bonchev–Trinajstić information content (AvgIpc) is 2.45. The van der Waals surface area contributed by atoms with Crippen molar-refractivity contribution in [2.24, 2.45) is 0 Å². The summed E-state index contributed by atoms with van der Waals surface area (Å²) < 4.78 is 0. The zero-order chi connectivity index (χ0) is 14.5. The molecule has 0 aromatic heterocycles. The number of hydrogen-bond donors (Lipinski definition) is 1. The van der Waals surface area contributed by atoms with E-state index in [4.69, 9.17) is 5.11 Å². The van der Waals surface area contributed by atoms with Crippen LogP contribution in [0.3, 0.4) is 0 Å². The summed E-state index contributed by atoms with van der Waals surface area (Å²) in [5, 5.41) is 8.90. The summed E-state index contributed by atoms with van der Waals surface area (Å²) in [7, 11) is 0. The normalized spacial score (nSPS) is 13.7. The van der Waals surface area contributed by atoms with Crippen molar-refractivity contribution in [2.45, 2.75) is 39.0 Å². The number of aryl methyl sites for hydroxylation is 2. The highest BCUT2D eigenvalue weighted by atomic mass is 16.4. The first-order chi connectivity index (χ1) is 9.61. The van der Waals surface area contributed by atoms with Crippen LogP contribution in [0.15, 0.2) is 18.2 Å². The lowest BCUT2D eigenvalue weighted by Gasteiger charge is -2.22. The summed E-state index contributed by atoms with van der Waals surface area (Å²) >= 11 is 0. The number of hydrogen-bond acceptors (Lipinski definition) is 2. The van der Waals surface area contributed by atoms with Gasteiger partial charge in [0.05, 0.1) is 0 Å². The summed E-state index contributed by atoms with van der Waals surface area (Å²) in [5.41, 5.74) is 3.18. The average molecular weight is 275 g/mol. The summed E-state index contributed by atoms with van der Waals surface area (Å²) in [6.07, 6.45) is 5.23. The molecule has 1 N–H and O–H groups in total. The minimum atomic E-state index is -0.968. The van der Waals surface area contributed by atoms with Crippen LogP contribution in [0.25, 0.3) is 0 Å². The molecule has 0 saturated heterocycles. The fourth-order valence-electron chi connectivity index (χ4n) is 2.73. The van der Waals surface area contributed by atoms with Crippen molar-refractivity contribution in [3.63, 3.8) is 0 Å². The van der Waals surface area contributed by atoms with E-state index in [1.54, 1.807) is 0 Å². The first-order valence-electron chi connectivity index (χ1n) is 7.24. The molecular weight excluding hydrogens is 254 g/mol. The maximum Gasteiger partial charge on any atom is 0.323 e. The van der Waals surface area contributed by atoms with Gasteiger partial charge in [0.25, 0.3) is 5.91 Å². The van der Waals surface area contributed by atoms with Gasteiger partial charge in [-0.2, -0.15) is 0 Å². The van der Waals surface area contributed by atoms with Gasteiger partial charge in [-0.05, 0) is 55.4 Å². The second-order valence-corrected chi connectivity index (χ2v) is 5.31. The topological polar surface area (TPSA) is 57.6 Å². The molecule has 0 heterocycles. The molecule has 0 atom stereocenters. The van der Waals surface area contributed by atoms with Gasteiger partial charge in [0.1, 0.15) is 6.54 Å². The van der Waals surface area contributed by atoms with Gasteiger partial charge in [0, 0.05) is 12.1 Å². The third-order valence-corrected chi connectivity index (χ3v) is 3.70. The Hall–Kier alpha value is -1.84. The van der Waals surface area contributed by atoms with Gasteiger partial charge in [-0.15, -0.1) is 0 Å². The lowest BCUT2D eigenvalue weighted by molar-refractivity contribution is -0.137. The molecule has 0 fully saturated rings. The SMILES string of the molecule is CCCN(CC(=O)O)C(=O)c1ccc2c(c1)CCCC2. The molecule has 0 spiro atoms. The fraction of sp³-hybridized carbons (Fsp3) is 0.500. The number of benzene rings is 1. The summed E-state index contributed by atoms with van der Waals surface area (Å²) in [4.78, 5) is 24.7. The van der Waals surface area contributed by atoms with Crippen molar-refractivity contribution < 1.29 is 14.7 Å². The molecule has 1 amide bonds. The van der Waals surface area contributed by atoms with Crippen LogP contribution in [0.2, 0.25) is 0 Å². The first-order valence-corrected chi connectivity index (χ1v) is 7.24. The number of rotatable bonds is 5. The summed E-state index contributed by atoms with van der Waals surface area (Å²) in [5.74, 6) is -1.15. The van der Waals surface area contributed by atoms with Crippen LogP contribution in [-0.4, -0.2) is 35.0 Å². The van der Waals surface area contributed by atoms with Crippen molar-refractivity contribution in [2.75, 3.05) is 13.1 Å². The van der Waals surface area contributed by atoms with Crippen LogP contribution >= 0.6 is 0 Å². The molecule has 0 saturated carbocycles. The van der Waals surface area contributed by atoms with E-state index in [1.165, 1.54) is 28.9 Å². The van der Waals surface area contributed by atoms with Gasteiger partial charge < -0.3 is 10.0 Å². The van der Waals surface area contributed by atoms with Gasteiger partial charge >= 0.3 is 5.97 Å². The van der Waals surface area contributed by atoms with Gasteiger partial charge in [-0.3, -0.25) is 9.59 Å². The van der Waals surface area contributed by atoms with E-state index in [0.717, 1.165) is 19.3 Å². The van der Waals surface area contributed by atoms with Crippen LogP contribution in [0.1, 0.15) is 47.7 Å².